The molecule has 0 saturated carbocycles. The van der Waals surface area contributed by atoms with Crippen LogP contribution < -0.4 is 0 Å². The molecule has 0 aromatic carbocycles. The van der Waals surface area contributed by atoms with Gasteiger partial charge in [-0.1, -0.05) is 171 Å². The maximum atomic E-state index is 12.6. The van der Waals surface area contributed by atoms with Gasteiger partial charge in [-0.2, -0.15) is 0 Å². The van der Waals surface area contributed by atoms with Gasteiger partial charge >= 0.3 is 17.9 Å². The summed E-state index contributed by atoms with van der Waals surface area (Å²) in [6, 6.07) is 0. The van der Waals surface area contributed by atoms with Gasteiger partial charge in [0.25, 0.3) is 0 Å². The highest BCUT2D eigenvalue weighted by Crippen LogP contribution is 2.13. The zero-order valence-electron chi connectivity index (χ0n) is 34.5. The number of rotatable bonds is 38. The third-order valence-electron chi connectivity index (χ3n) is 9.02. The van der Waals surface area contributed by atoms with Gasteiger partial charge in [0.15, 0.2) is 6.10 Å². The van der Waals surface area contributed by atoms with E-state index in [1.165, 1.54) is 77.0 Å². The lowest BCUT2D eigenvalue weighted by molar-refractivity contribution is -0.166. The molecule has 0 aromatic rings. The predicted octanol–water partition coefficient (Wildman–Crippen LogP) is 13.7. The quantitative estimate of drug-likeness (QED) is 0.0271. The molecule has 6 nitrogen and oxygen atoms in total. The van der Waals surface area contributed by atoms with Gasteiger partial charge in [0.05, 0.1) is 0 Å². The third kappa shape index (κ3) is 40.1. The number of ether oxygens (including phenoxy) is 3. The number of unbranched alkanes of at least 4 members (excludes halogenated alkanes) is 17. The van der Waals surface area contributed by atoms with Crippen LogP contribution in [-0.2, 0) is 28.6 Å². The molecule has 1 atom stereocenters. The molecule has 0 radical (unpaired) electrons. The van der Waals surface area contributed by atoms with Crippen molar-refractivity contribution in [2.45, 2.75) is 207 Å². The van der Waals surface area contributed by atoms with Crippen LogP contribution in [0.15, 0.2) is 60.8 Å². The zero-order valence-corrected chi connectivity index (χ0v) is 34.5. The van der Waals surface area contributed by atoms with Crippen LogP contribution in [0.4, 0.5) is 0 Å². The molecule has 53 heavy (non-hydrogen) atoms. The van der Waals surface area contributed by atoms with Crippen LogP contribution in [0.25, 0.3) is 0 Å². The first kappa shape index (κ1) is 50.1. The maximum Gasteiger partial charge on any atom is 0.306 e. The van der Waals surface area contributed by atoms with Crippen molar-refractivity contribution in [1.82, 2.24) is 0 Å². The highest BCUT2D eigenvalue weighted by Gasteiger charge is 2.19. The standard InChI is InChI=1S/C47H80O6/c1-4-7-10-13-15-17-19-21-22-23-24-26-27-29-31-34-37-40-46(49)52-43-44(42-51-45(48)39-36-33-12-9-6-3)53-47(50)41-38-35-32-30-28-25-20-18-16-14-11-8-5-2/h8,11,16,18,21-22,25,28,32,35,44H,4-7,9-10,12-15,17,19-20,23-24,26-27,29-31,33-34,36-43H2,1-3H3/b11-8-,18-16-,22-21-,28-25-,35-32-. The van der Waals surface area contributed by atoms with Gasteiger partial charge in [-0.3, -0.25) is 14.4 Å². The topological polar surface area (TPSA) is 78.9 Å². The summed E-state index contributed by atoms with van der Waals surface area (Å²) in [6.45, 7) is 6.34. The van der Waals surface area contributed by atoms with E-state index in [4.69, 9.17) is 14.2 Å². The van der Waals surface area contributed by atoms with Crippen molar-refractivity contribution in [2.24, 2.45) is 0 Å². The van der Waals surface area contributed by atoms with Crippen LogP contribution in [0.5, 0.6) is 0 Å². The fraction of sp³-hybridized carbons (Fsp3) is 0.723. The molecule has 0 bridgehead atoms. The van der Waals surface area contributed by atoms with Gasteiger partial charge in [0.1, 0.15) is 13.2 Å². The zero-order chi connectivity index (χ0) is 38.7. The second-order valence-corrected chi connectivity index (χ2v) is 14.2. The van der Waals surface area contributed by atoms with E-state index in [0.29, 0.717) is 19.3 Å². The first-order valence-electron chi connectivity index (χ1n) is 21.8. The normalized spacial score (nSPS) is 12.6. The van der Waals surface area contributed by atoms with Crippen molar-refractivity contribution in [3.05, 3.63) is 60.8 Å². The Morgan fingerprint density at radius 3 is 1.23 bits per heavy atom. The SMILES string of the molecule is CC/C=C\C/C=C\C/C=C\C/C=C\CCC(=O)OC(COC(=O)CCCCCCC)COC(=O)CCCCCCCCC/C=C\CCCCCCCC. The van der Waals surface area contributed by atoms with E-state index in [1.54, 1.807) is 0 Å². The predicted molar refractivity (Wildman–Crippen MR) is 224 cm³/mol. The summed E-state index contributed by atoms with van der Waals surface area (Å²) in [4.78, 5) is 37.4. The average molecular weight is 741 g/mol. The number of hydrogen-bond donors (Lipinski definition) is 0. The van der Waals surface area contributed by atoms with E-state index >= 15 is 0 Å². The first-order chi connectivity index (χ1) is 26.0. The second kappa shape index (κ2) is 41.9. The first-order valence-corrected chi connectivity index (χ1v) is 21.8. The molecule has 1 unspecified atom stereocenters. The summed E-state index contributed by atoms with van der Waals surface area (Å²) >= 11 is 0. The number of esters is 3. The Bertz CT molecular complexity index is 991. The van der Waals surface area contributed by atoms with Crippen molar-refractivity contribution >= 4 is 17.9 Å². The van der Waals surface area contributed by atoms with E-state index in [-0.39, 0.29) is 31.6 Å². The molecule has 0 N–H and O–H groups in total. The molecule has 6 heteroatoms. The molecule has 0 saturated heterocycles. The number of carbonyl (C=O) groups is 3. The monoisotopic (exact) mass is 741 g/mol. The smallest absolute Gasteiger partial charge is 0.306 e. The molecule has 304 valence electrons. The Labute approximate surface area is 326 Å². The van der Waals surface area contributed by atoms with Crippen LogP contribution in [-0.4, -0.2) is 37.2 Å². The summed E-state index contributed by atoms with van der Waals surface area (Å²) in [6.07, 6.45) is 49.6. The van der Waals surface area contributed by atoms with E-state index in [2.05, 4.69) is 69.4 Å². The maximum absolute atomic E-state index is 12.6. The minimum absolute atomic E-state index is 0.105. The molecular formula is C47H80O6. The Hall–Kier alpha value is -2.89. The Morgan fingerprint density at radius 1 is 0.396 bits per heavy atom. The van der Waals surface area contributed by atoms with Crippen molar-refractivity contribution in [1.29, 1.82) is 0 Å². The number of hydrogen-bond acceptors (Lipinski definition) is 6. The molecule has 0 aromatic heterocycles. The summed E-state index contributed by atoms with van der Waals surface area (Å²) in [5, 5.41) is 0. The fourth-order valence-electron chi connectivity index (χ4n) is 5.74. The fourth-order valence-corrected chi connectivity index (χ4v) is 5.74. The van der Waals surface area contributed by atoms with E-state index in [9.17, 15) is 14.4 Å². The van der Waals surface area contributed by atoms with Crippen LogP contribution in [0, 0.1) is 0 Å². The lowest BCUT2D eigenvalue weighted by Crippen LogP contribution is -2.30. The molecule has 0 spiro atoms. The second-order valence-electron chi connectivity index (χ2n) is 14.2. The van der Waals surface area contributed by atoms with Crippen molar-refractivity contribution in [2.75, 3.05) is 13.2 Å². The minimum Gasteiger partial charge on any atom is -0.462 e. The van der Waals surface area contributed by atoms with Crippen LogP contribution in [0.3, 0.4) is 0 Å². The molecule has 0 aliphatic heterocycles. The number of allylic oxidation sites excluding steroid dienone is 10. The van der Waals surface area contributed by atoms with Crippen molar-refractivity contribution in [3.63, 3.8) is 0 Å². The lowest BCUT2D eigenvalue weighted by Gasteiger charge is -2.18. The summed E-state index contributed by atoms with van der Waals surface area (Å²) in [5.74, 6) is -1.01. The van der Waals surface area contributed by atoms with Gasteiger partial charge in [0, 0.05) is 19.3 Å². The van der Waals surface area contributed by atoms with Gasteiger partial charge in [-0.05, 0) is 70.6 Å². The molecule has 0 aliphatic rings. The largest absolute Gasteiger partial charge is 0.462 e. The van der Waals surface area contributed by atoms with Gasteiger partial charge < -0.3 is 14.2 Å². The van der Waals surface area contributed by atoms with Crippen LogP contribution in [0.2, 0.25) is 0 Å². The van der Waals surface area contributed by atoms with E-state index in [0.717, 1.165) is 77.0 Å². The molecule has 0 fully saturated rings. The minimum atomic E-state index is -0.807. The number of carbonyl (C=O) groups excluding carboxylic acids is 3. The third-order valence-corrected chi connectivity index (χ3v) is 9.02. The van der Waals surface area contributed by atoms with Gasteiger partial charge in [-0.25, -0.2) is 0 Å². The van der Waals surface area contributed by atoms with Crippen molar-refractivity contribution < 1.29 is 28.6 Å². The molecular weight excluding hydrogens is 661 g/mol. The summed E-state index contributed by atoms with van der Waals surface area (Å²) in [7, 11) is 0. The van der Waals surface area contributed by atoms with Crippen molar-refractivity contribution in [3.8, 4) is 0 Å². The summed E-state index contributed by atoms with van der Waals surface area (Å²) < 4.78 is 16.5. The van der Waals surface area contributed by atoms with E-state index in [1.807, 2.05) is 12.2 Å². The molecule has 0 rings (SSSR count). The van der Waals surface area contributed by atoms with Crippen LogP contribution >= 0.6 is 0 Å². The highest BCUT2D eigenvalue weighted by atomic mass is 16.6. The Kier molecular flexibility index (Phi) is 39.6. The lowest BCUT2D eigenvalue weighted by atomic mass is 10.1. The van der Waals surface area contributed by atoms with Crippen LogP contribution in [0.1, 0.15) is 201 Å². The highest BCUT2D eigenvalue weighted by molar-refractivity contribution is 5.71. The summed E-state index contributed by atoms with van der Waals surface area (Å²) in [5.41, 5.74) is 0. The van der Waals surface area contributed by atoms with Gasteiger partial charge in [-0.15, -0.1) is 0 Å². The Balaban J connectivity index is 4.32. The average Bonchev–Trinajstić information content (AvgIpc) is 3.15. The molecule has 0 heterocycles. The van der Waals surface area contributed by atoms with E-state index < -0.39 is 12.1 Å². The Morgan fingerprint density at radius 2 is 0.774 bits per heavy atom. The molecule has 0 amide bonds. The molecule has 0 aliphatic carbocycles. The van der Waals surface area contributed by atoms with Gasteiger partial charge in [0.2, 0.25) is 0 Å².